The summed E-state index contributed by atoms with van der Waals surface area (Å²) < 4.78 is 1.99. The van der Waals surface area contributed by atoms with Gasteiger partial charge in [-0.15, -0.1) is 0 Å². The van der Waals surface area contributed by atoms with Gasteiger partial charge >= 0.3 is 65.8 Å². The van der Waals surface area contributed by atoms with Gasteiger partial charge in [-0.3, -0.25) is 0 Å². The molecule has 6 heteroatoms. The van der Waals surface area contributed by atoms with Crippen molar-refractivity contribution in [1.82, 2.24) is 4.98 Å². The number of rotatable bonds is 1. The number of benzene rings is 2. The van der Waals surface area contributed by atoms with Gasteiger partial charge in [-0.2, -0.15) is 0 Å². The second-order valence-electron chi connectivity index (χ2n) is 10.4. The Kier molecular flexibility index (Phi) is 15.7. The molecule has 0 aliphatic rings. The van der Waals surface area contributed by atoms with Crippen molar-refractivity contribution in [2.75, 3.05) is 0 Å². The molecule has 0 radical (unpaired) electrons. The smallest absolute Gasteiger partial charge is 1.00 e. The van der Waals surface area contributed by atoms with E-state index in [1.165, 1.54) is 16.7 Å². The Bertz CT molecular complexity index is 1010. The molecule has 0 unspecified atom stereocenters. The van der Waals surface area contributed by atoms with Crippen molar-refractivity contribution in [3.8, 4) is 11.5 Å². The number of aromatic hydroxyl groups is 2. The normalized spacial score (nSPS) is 10.3. The maximum absolute atomic E-state index is 9.57. The second kappa shape index (κ2) is 15.5. The maximum Gasteiger partial charge on any atom is -1.00 e. The van der Waals surface area contributed by atoms with Crippen LogP contribution in [0.4, 0.5) is 0 Å². The van der Waals surface area contributed by atoms with Gasteiger partial charge in [0.1, 0.15) is 11.5 Å². The molecule has 3 nitrogen and oxygen atoms in total. The summed E-state index contributed by atoms with van der Waals surface area (Å²) in [6.07, 6.45) is 1.82. The molecule has 0 saturated carbocycles. The van der Waals surface area contributed by atoms with Crippen LogP contribution in [0.15, 0.2) is 54.7 Å². The quantitative estimate of drug-likeness (QED) is 0.445. The van der Waals surface area contributed by atoms with Gasteiger partial charge in [0.15, 0.2) is 0 Å². The minimum atomic E-state index is 0. The van der Waals surface area contributed by atoms with Gasteiger partial charge < -0.3 is 35.0 Å². The van der Waals surface area contributed by atoms with E-state index in [9.17, 15) is 10.2 Å². The van der Waals surface area contributed by atoms with E-state index in [-0.39, 0.29) is 35.6 Å². The fourth-order valence-electron chi connectivity index (χ4n) is 3.14. The van der Waals surface area contributed by atoms with Gasteiger partial charge in [0.05, 0.1) is 0 Å². The van der Waals surface area contributed by atoms with E-state index in [1.54, 1.807) is 12.1 Å². The van der Waals surface area contributed by atoms with Crippen LogP contribution in [0.2, 0.25) is 0 Å². The van der Waals surface area contributed by atoms with Gasteiger partial charge in [0.2, 0.25) is 0 Å². The molecule has 3 rings (SSSR count). The number of hydrogen-bond donors (Lipinski definition) is 2. The standard InChI is InChI=1S/2C11H16O.C7H7N.2ClH.Ti/c2*1-8-5-6-10(12)9(7-8)11(2,3)4;1-6-3-4-8-7(2)5-6;;;/h2*5-7,12H,1-4H3;2-5H,1H3;2*1H;/p-2. The van der Waals surface area contributed by atoms with E-state index in [4.69, 9.17) is 0 Å². The van der Waals surface area contributed by atoms with Crippen LogP contribution in [0.1, 0.15) is 75.1 Å². The van der Waals surface area contributed by atoms with Crippen molar-refractivity contribution in [3.63, 3.8) is 0 Å². The van der Waals surface area contributed by atoms with Crippen LogP contribution < -0.4 is 24.8 Å². The van der Waals surface area contributed by atoms with Crippen molar-refractivity contribution in [3.05, 3.63) is 88.2 Å². The first kappa shape index (κ1) is 35.5. The molecule has 2 N–H and O–H groups in total. The summed E-state index contributed by atoms with van der Waals surface area (Å²) in [5, 5.41) is 19.1. The Morgan fingerprint density at radius 2 is 1.03 bits per heavy atom. The summed E-state index contributed by atoms with van der Waals surface area (Å²) in [7, 11) is 0. The molecule has 1 aromatic heterocycles. The summed E-state index contributed by atoms with van der Waals surface area (Å²) in [4.78, 5) is 4.10. The summed E-state index contributed by atoms with van der Waals surface area (Å²) in [6, 6.07) is 15.5. The van der Waals surface area contributed by atoms with Crippen LogP contribution in [-0.4, -0.2) is 19.5 Å². The summed E-state index contributed by atoms with van der Waals surface area (Å²) >= 11 is 1.99. The van der Waals surface area contributed by atoms with E-state index >= 15 is 0 Å². The van der Waals surface area contributed by atoms with E-state index in [2.05, 4.69) is 59.5 Å². The number of aromatic nitrogens is 1. The number of nitrogens with zero attached hydrogens (tertiary/aromatic N) is 1. The summed E-state index contributed by atoms with van der Waals surface area (Å²) in [5.74, 6) is 0.793. The molecule has 2 aromatic carbocycles. The number of pyridine rings is 1. The number of aryl methyl sites for hydroxylation is 3. The predicted molar refractivity (Wildman–Crippen MR) is 137 cm³/mol. The van der Waals surface area contributed by atoms with Crippen LogP contribution in [0.3, 0.4) is 0 Å². The fourth-order valence-corrected chi connectivity index (χ4v) is 3.39. The Labute approximate surface area is 236 Å². The SMILES string of the molecule is Cc1ccc(O)c(C(C)(C)C)c1.Cc1ccc(O)c(C(C)(C)C)c1.Cc1ccnc([CH]=[Ti])c1.[Cl-].[Cl-]. The molecule has 3 aromatic rings. The van der Waals surface area contributed by atoms with Crippen molar-refractivity contribution >= 4 is 4.31 Å². The van der Waals surface area contributed by atoms with Gasteiger partial charge in [-0.05, 0) is 47.9 Å². The molecule has 0 bridgehead atoms. The van der Waals surface area contributed by atoms with Gasteiger partial charge in [0.25, 0.3) is 0 Å². The minimum absolute atomic E-state index is 0. The topological polar surface area (TPSA) is 53.4 Å². The molecule has 192 valence electrons. The molecular weight excluding hydrogens is 513 g/mol. The van der Waals surface area contributed by atoms with Crippen LogP contribution in [0.5, 0.6) is 11.5 Å². The van der Waals surface area contributed by atoms with E-state index in [0.29, 0.717) is 11.5 Å². The molecule has 0 fully saturated rings. The summed E-state index contributed by atoms with van der Waals surface area (Å²) in [5.41, 5.74) is 6.78. The average molecular weight is 552 g/mol. The zero-order valence-corrected chi connectivity index (χ0v) is 25.4. The van der Waals surface area contributed by atoms with Crippen molar-refractivity contribution in [2.24, 2.45) is 0 Å². The Morgan fingerprint density at radius 3 is 1.29 bits per heavy atom. The first-order valence-electron chi connectivity index (χ1n) is 11.2. The molecule has 0 aliphatic heterocycles. The fraction of sp³-hybridized carbons (Fsp3) is 0.379. The van der Waals surface area contributed by atoms with Crippen molar-refractivity contribution in [2.45, 2.75) is 73.1 Å². The Hall–Kier alpha value is -1.65. The number of phenols is 2. The van der Waals surface area contributed by atoms with Crippen LogP contribution >= 0.6 is 0 Å². The maximum atomic E-state index is 9.57. The average Bonchev–Trinajstić information content (AvgIpc) is 2.71. The van der Waals surface area contributed by atoms with E-state index in [0.717, 1.165) is 16.8 Å². The zero-order chi connectivity index (χ0) is 25.4. The summed E-state index contributed by atoms with van der Waals surface area (Å²) in [6.45, 7) is 18.7. The van der Waals surface area contributed by atoms with Crippen LogP contribution in [0.25, 0.3) is 0 Å². The van der Waals surface area contributed by atoms with Crippen molar-refractivity contribution in [1.29, 1.82) is 0 Å². The minimum Gasteiger partial charge on any atom is -1.00 e. The number of hydrogen-bond acceptors (Lipinski definition) is 3. The van der Waals surface area contributed by atoms with Gasteiger partial charge in [-0.25, -0.2) is 0 Å². The predicted octanol–water partition coefficient (Wildman–Crippen LogP) is 1.09. The largest absolute Gasteiger partial charge is 1.00 e. The zero-order valence-electron chi connectivity index (χ0n) is 22.4. The van der Waals surface area contributed by atoms with E-state index in [1.807, 2.05) is 74.7 Å². The monoisotopic (exact) mass is 551 g/mol. The Morgan fingerprint density at radius 1 is 0.657 bits per heavy atom. The van der Waals surface area contributed by atoms with Crippen LogP contribution in [0, 0.1) is 20.8 Å². The first-order valence-corrected chi connectivity index (χ1v) is 12.1. The van der Waals surface area contributed by atoms with Crippen molar-refractivity contribution < 1.29 is 55.0 Å². The van der Waals surface area contributed by atoms with E-state index < -0.39 is 0 Å². The first-order chi connectivity index (χ1) is 15.1. The molecule has 0 saturated heterocycles. The second-order valence-corrected chi connectivity index (χ2v) is 10.9. The third-order valence-electron chi connectivity index (χ3n) is 5.00. The van der Waals surface area contributed by atoms with Gasteiger partial charge in [0, 0.05) is 0 Å². The molecule has 1 heterocycles. The molecule has 0 amide bonds. The van der Waals surface area contributed by atoms with Crippen LogP contribution in [-0.2, 0) is 30.8 Å². The molecule has 0 spiro atoms. The Balaban J connectivity index is 0. The van der Waals surface area contributed by atoms with Gasteiger partial charge in [-0.1, -0.05) is 76.9 Å². The molecule has 0 aliphatic carbocycles. The molecular formula is C29H39Cl2NO2Ti-2. The third kappa shape index (κ3) is 12.7. The molecule has 35 heavy (non-hydrogen) atoms. The molecule has 0 atom stereocenters. The number of halogens is 2. The number of phenolic OH excluding ortho intramolecular Hbond substituents is 2. The third-order valence-corrected chi connectivity index (χ3v) is 5.47.